The molecule has 94 valence electrons. The fraction of sp³-hybridized carbons (Fsp3) is 0.200. The van der Waals surface area contributed by atoms with Gasteiger partial charge in [-0.15, -0.1) is 0 Å². The van der Waals surface area contributed by atoms with Crippen molar-refractivity contribution in [2.75, 3.05) is 0 Å². The molecule has 2 aromatic carbocycles. The molecule has 1 unspecified atom stereocenters. The van der Waals surface area contributed by atoms with E-state index in [0.29, 0.717) is 10.0 Å². The van der Waals surface area contributed by atoms with E-state index in [4.69, 9.17) is 28.9 Å². The van der Waals surface area contributed by atoms with Gasteiger partial charge in [0.25, 0.3) is 0 Å². The van der Waals surface area contributed by atoms with Crippen LogP contribution in [-0.4, -0.2) is 0 Å². The lowest BCUT2D eigenvalue weighted by Gasteiger charge is -2.15. The van der Waals surface area contributed by atoms with E-state index in [2.05, 4.69) is 25.1 Å². The second-order valence-corrected chi connectivity index (χ2v) is 5.25. The lowest BCUT2D eigenvalue weighted by atomic mass is 9.98. The van der Waals surface area contributed by atoms with Crippen molar-refractivity contribution in [1.29, 1.82) is 0 Å². The predicted octanol–water partition coefficient (Wildman–Crippen LogP) is 4.54. The first-order chi connectivity index (χ1) is 8.58. The minimum absolute atomic E-state index is 0.187. The van der Waals surface area contributed by atoms with Crippen LogP contribution < -0.4 is 5.73 Å². The number of hydrogen-bond donors (Lipinski definition) is 1. The summed E-state index contributed by atoms with van der Waals surface area (Å²) in [5.74, 6) is 0. The molecule has 0 aromatic heterocycles. The third-order valence-corrected chi connectivity index (χ3v) is 3.57. The molecule has 2 rings (SSSR count). The summed E-state index contributed by atoms with van der Waals surface area (Å²) < 4.78 is 0. The summed E-state index contributed by atoms with van der Waals surface area (Å²) in [7, 11) is 0. The Hall–Kier alpha value is -1.02. The molecule has 0 saturated heterocycles. The van der Waals surface area contributed by atoms with Crippen LogP contribution in [-0.2, 0) is 6.42 Å². The van der Waals surface area contributed by atoms with Crippen molar-refractivity contribution in [3.8, 4) is 0 Å². The molecule has 0 fully saturated rings. The van der Waals surface area contributed by atoms with E-state index >= 15 is 0 Å². The molecule has 0 bridgehead atoms. The zero-order valence-electron chi connectivity index (χ0n) is 10.2. The number of hydrogen-bond acceptors (Lipinski definition) is 1. The minimum Gasteiger partial charge on any atom is -0.324 e. The fourth-order valence-electron chi connectivity index (χ4n) is 2.06. The molecular formula is C15H15Cl2N. The first-order valence-electron chi connectivity index (χ1n) is 5.83. The first kappa shape index (κ1) is 13.4. The largest absolute Gasteiger partial charge is 0.324 e. The van der Waals surface area contributed by atoms with Gasteiger partial charge in [-0.1, -0.05) is 59.1 Å². The van der Waals surface area contributed by atoms with E-state index in [1.54, 1.807) is 0 Å². The molecule has 0 amide bonds. The summed E-state index contributed by atoms with van der Waals surface area (Å²) in [5.41, 5.74) is 9.45. The van der Waals surface area contributed by atoms with Crippen LogP contribution in [0.5, 0.6) is 0 Å². The van der Waals surface area contributed by atoms with E-state index < -0.39 is 0 Å². The highest BCUT2D eigenvalue weighted by Gasteiger charge is 2.14. The van der Waals surface area contributed by atoms with Gasteiger partial charge >= 0.3 is 0 Å². The van der Waals surface area contributed by atoms with Gasteiger partial charge in [0.05, 0.1) is 0 Å². The van der Waals surface area contributed by atoms with Gasteiger partial charge in [-0.3, -0.25) is 0 Å². The van der Waals surface area contributed by atoms with E-state index in [1.807, 2.05) is 24.3 Å². The van der Waals surface area contributed by atoms with Crippen molar-refractivity contribution >= 4 is 23.2 Å². The van der Waals surface area contributed by atoms with Crippen molar-refractivity contribution in [2.24, 2.45) is 5.73 Å². The Morgan fingerprint density at radius 2 is 1.67 bits per heavy atom. The van der Waals surface area contributed by atoms with Gasteiger partial charge in [0.1, 0.15) is 0 Å². The van der Waals surface area contributed by atoms with Crippen LogP contribution >= 0.6 is 23.2 Å². The number of halogens is 2. The molecule has 0 aliphatic rings. The lowest BCUT2D eigenvalue weighted by Crippen LogP contribution is -2.14. The Morgan fingerprint density at radius 1 is 1.06 bits per heavy atom. The number of benzene rings is 2. The molecular weight excluding hydrogens is 265 g/mol. The van der Waals surface area contributed by atoms with Crippen LogP contribution in [0.15, 0.2) is 42.5 Å². The lowest BCUT2D eigenvalue weighted by molar-refractivity contribution is 0.722. The normalized spacial score (nSPS) is 12.4. The summed E-state index contributed by atoms with van der Waals surface area (Å²) in [6.07, 6.45) is 0.727. The molecule has 1 atom stereocenters. The van der Waals surface area contributed by atoms with E-state index in [-0.39, 0.29) is 6.04 Å². The Kier molecular flexibility index (Phi) is 4.28. The molecule has 0 saturated carbocycles. The number of rotatable bonds is 3. The van der Waals surface area contributed by atoms with Crippen molar-refractivity contribution in [1.82, 2.24) is 0 Å². The molecule has 1 nitrogen and oxygen atoms in total. The summed E-state index contributed by atoms with van der Waals surface area (Å²) in [5, 5.41) is 1.25. The molecule has 0 heterocycles. The minimum atomic E-state index is -0.187. The average Bonchev–Trinajstić information content (AvgIpc) is 2.28. The summed E-state index contributed by atoms with van der Waals surface area (Å²) in [6, 6.07) is 13.6. The van der Waals surface area contributed by atoms with Gasteiger partial charge in [-0.2, -0.15) is 0 Å². The molecule has 0 aliphatic carbocycles. The number of nitrogens with two attached hydrogens (primary N) is 1. The summed E-state index contributed by atoms with van der Waals surface area (Å²) >= 11 is 12.3. The summed E-state index contributed by atoms with van der Waals surface area (Å²) in [4.78, 5) is 0. The van der Waals surface area contributed by atoms with Crippen LogP contribution in [0, 0.1) is 6.92 Å². The maximum Gasteiger partial charge on any atom is 0.0468 e. The molecule has 0 radical (unpaired) electrons. The third-order valence-electron chi connectivity index (χ3n) is 2.91. The van der Waals surface area contributed by atoms with E-state index in [0.717, 1.165) is 12.0 Å². The van der Waals surface area contributed by atoms with E-state index in [1.165, 1.54) is 11.1 Å². The zero-order valence-corrected chi connectivity index (χ0v) is 11.7. The van der Waals surface area contributed by atoms with E-state index in [9.17, 15) is 0 Å². The molecule has 0 spiro atoms. The van der Waals surface area contributed by atoms with Crippen LogP contribution in [0.4, 0.5) is 0 Å². The molecule has 18 heavy (non-hydrogen) atoms. The third kappa shape index (κ3) is 3.05. The van der Waals surface area contributed by atoms with Gasteiger partial charge in [0.2, 0.25) is 0 Å². The topological polar surface area (TPSA) is 26.0 Å². The molecule has 0 aliphatic heterocycles. The Bertz CT molecular complexity index is 532. The van der Waals surface area contributed by atoms with Gasteiger partial charge < -0.3 is 5.73 Å². The fourth-order valence-corrected chi connectivity index (χ4v) is 2.74. The maximum atomic E-state index is 6.21. The van der Waals surface area contributed by atoms with Crippen LogP contribution in [0.25, 0.3) is 0 Å². The van der Waals surface area contributed by atoms with Gasteiger partial charge in [-0.05, 0) is 31.0 Å². The van der Waals surface area contributed by atoms with Crippen LogP contribution in [0.1, 0.15) is 22.7 Å². The SMILES string of the molecule is Cc1cccc(CC(N)c2c(Cl)cccc2Cl)c1. The standard InChI is InChI=1S/C15H15Cl2N/c1-10-4-2-5-11(8-10)9-14(18)15-12(16)6-3-7-13(15)17/h2-8,14H,9,18H2,1H3. The predicted molar refractivity (Wildman–Crippen MR) is 78.3 cm³/mol. The van der Waals surface area contributed by atoms with Crippen LogP contribution in [0.3, 0.4) is 0 Å². The first-order valence-corrected chi connectivity index (χ1v) is 6.58. The second kappa shape index (κ2) is 5.75. The second-order valence-electron chi connectivity index (χ2n) is 4.44. The average molecular weight is 280 g/mol. The highest BCUT2D eigenvalue weighted by atomic mass is 35.5. The number of aryl methyl sites for hydroxylation is 1. The Labute approximate surface area is 118 Å². The smallest absolute Gasteiger partial charge is 0.0468 e. The van der Waals surface area contributed by atoms with Crippen molar-refractivity contribution < 1.29 is 0 Å². The monoisotopic (exact) mass is 279 g/mol. The van der Waals surface area contributed by atoms with Gasteiger partial charge in [0, 0.05) is 21.7 Å². The maximum absolute atomic E-state index is 6.21. The van der Waals surface area contributed by atoms with Crippen molar-refractivity contribution in [3.05, 3.63) is 69.2 Å². The molecule has 2 aromatic rings. The molecule has 3 heteroatoms. The van der Waals surface area contributed by atoms with Crippen molar-refractivity contribution in [2.45, 2.75) is 19.4 Å². The zero-order chi connectivity index (χ0) is 13.1. The van der Waals surface area contributed by atoms with Gasteiger partial charge in [-0.25, -0.2) is 0 Å². The van der Waals surface area contributed by atoms with Crippen LogP contribution in [0.2, 0.25) is 10.0 Å². The highest BCUT2D eigenvalue weighted by molar-refractivity contribution is 6.36. The highest BCUT2D eigenvalue weighted by Crippen LogP contribution is 2.30. The Balaban J connectivity index is 2.25. The van der Waals surface area contributed by atoms with Crippen molar-refractivity contribution in [3.63, 3.8) is 0 Å². The van der Waals surface area contributed by atoms with Gasteiger partial charge in [0.15, 0.2) is 0 Å². The quantitative estimate of drug-likeness (QED) is 0.877. The summed E-state index contributed by atoms with van der Waals surface area (Å²) in [6.45, 7) is 2.07. The molecule has 2 N–H and O–H groups in total. The Morgan fingerprint density at radius 3 is 2.28 bits per heavy atom.